The molecule has 1 atom stereocenters. The first kappa shape index (κ1) is 9.96. The zero-order chi connectivity index (χ0) is 8.81. The van der Waals surface area contributed by atoms with Crippen LogP contribution in [0.25, 0.3) is 0 Å². The van der Waals surface area contributed by atoms with Crippen LogP contribution in [-0.4, -0.2) is 42.3 Å². The number of nitrogens with zero attached hydrogens (tertiary/aromatic N) is 1. The Bertz CT molecular complexity index is 119. The molecule has 3 nitrogen and oxygen atoms in total. The van der Waals surface area contributed by atoms with Gasteiger partial charge in [-0.25, -0.2) is 0 Å². The zero-order valence-electron chi connectivity index (χ0n) is 7.71. The van der Waals surface area contributed by atoms with Gasteiger partial charge in [-0.15, -0.1) is 0 Å². The molecule has 0 aromatic heterocycles. The van der Waals surface area contributed by atoms with Crippen LogP contribution in [0.3, 0.4) is 0 Å². The van der Waals surface area contributed by atoms with E-state index in [1.165, 1.54) is 19.4 Å². The molecule has 0 aromatic carbocycles. The van der Waals surface area contributed by atoms with E-state index < -0.39 is 0 Å². The minimum Gasteiger partial charge on any atom is -0.396 e. The molecule has 12 heavy (non-hydrogen) atoms. The maximum absolute atomic E-state index is 8.69. The van der Waals surface area contributed by atoms with E-state index in [2.05, 4.69) is 4.90 Å². The van der Waals surface area contributed by atoms with Crippen molar-refractivity contribution in [3.05, 3.63) is 0 Å². The van der Waals surface area contributed by atoms with E-state index in [0.717, 1.165) is 25.9 Å². The number of hydrogen-bond donors (Lipinski definition) is 2. The molecule has 1 aliphatic rings. The van der Waals surface area contributed by atoms with Gasteiger partial charge in [-0.3, -0.25) is 0 Å². The first-order valence-electron chi connectivity index (χ1n) is 4.93. The number of nitrogens with two attached hydrogens (primary N) is 1. The molecule has 3 N–H and O–H groups in total. The van der Waals surface area contributed by atoms with Gasteiger partial charge in [-0.2, -0.15) is 0 Å². The minimum absolute atomic E-state index is 0.311. The summed E-state index contributed by atoms with van der Waals surface area (Å²) in [5, 5.41) is 8.69. The summed E-state index contributed by atoms with van der Waals surface area (Å²) in [6.45, 7) is 3.35. The number of aliphatic hydroxyl groups is 1. The van der Waals surface area contributed by atoms with Crippen molar-refractivity contribution in [2.24, 2.45) is 5.73 Å². The highest BCUT2D eigenvalue weighted by atomic mass is 16.3. The second-order valence-corrected chi connectivity index (χ2v) is 3.49. The van der Waals surface area contributed by atoms with Crippen LogP contribution in [-0.2, 0) is 0 Å². The van der Waals surface area contributed by atoms with Crippen molar-refractivity contribution in [1.29, 1.82) is 0 Å². The summed E-state index contributed by atoms with van der Waals surface area (Å²) < 4.78 is 0. The van der Waals surface area contributed by atoms with Gasteiger partial charge in [0.15, 0.2) is 0 Å². The summed E-state index contributed by atoms with van der Waals surface area (Å²) in [5.74, 6) is 0. The predicted molar refractivity (Wildman–Crippen MR) is 50.0 cm³/mol. The van der Waals surface area contributed by atoms with E-state index in [9.17, 15) is 0 Å². The highest BCUT2D eigenvalue weighted by Gasteiger charge is 2.22. The normalized spacial score (nSPS) is 25.0. The predicted octanol–water partition coefficient (Wildman–Crippen LogP) is 0.182. The molecule has 1 fully saturated rings. The lowest BCUT2D eigenvalue weighted by atomic mass is 10.1. The van der Waals surface area contributed by atoms with Gasteiger partial charge in [0, 0.05) is 19.2 Å². The fourth-order valence-corrected chi connectivity index (χ4v) is 1.98. The topological polar surface area (TPSA) is 49.5 Å². The SMILES string of the molecule is NCCC1CCCN1CCCO. The van der Waals surface area contributed by atoms with Crippen LogP contribution >= 0.6 is 0 Å². The maximum atomic E-state index is 8.69. The third-order valence-corrected chi connectivity index (χ3v) is 2.60. The van der Waals surface area contributed by atoms with Gasteiger partial charge in [-0.05, 0) is 38.8 Å². The molecular formula is C9H20N2O. The van der Waals surface area contributed by atoms with Crippen LogP contribution in [0.5, 0.6) is 0 Å². The van der Waals surface area contributed by atoms with Crippen molar-refractivity contribution in [3.63, 3.8) is 0 Å². The number of aliphatic hydroxyl groups excluding tert-OH is 1. The van der Waals surface area contributed by atoms with Gasteiger partial charge in [-0.1, -0.05) is 0 Å². The standard InChI is InChI=1S/C9H20N2O/c10-5-4-9-3-1-6-11(9)7-2-8-12/h9,12H,1-8,10H2. The zero-order valence-corrected chi connectivity index (χ0v) is 7.71. The minimum atomic E-state index is 0.311. The van der Waals surface area contributed by atoms with Crippen molar-refractivity contribution in [2.75, 3.05) is 26.2 Å². The molecule has 0 radical (unpaired) electrons. The molecule has 0 aliphatic carbocycles. The summed E-state index contributed by atoms with van der Waals surface area (Å²) in [6.07, 6.45) is 4.62. The molecule has 1 heterocycles. The molecule has 0 bridgehead atoms. The van der Waals surface area contributed by atoms with Crippen LogP contribution in [0.1, 0.15) is 25.7 Å². The molecule has 1 unspecified atom stereocenters. The molecule has 1 saturated heterocycles. The van der Waals surface area contributed by atoms with E-state index in [1.807, 2.05) is 0 Å². The number of likely N-dealkylation sites (tertiary alicyclic amines) is 1. The van der Waals surface area contributed by atoms with E-state index in [1.54, 1.807) is 0 Å². The fourth-order valence-electron chi connectivity index (χ4n) is 1.98. The lowest BCUT2D eigenvalue weighted by Gasteiger charge is -2.23. The molecule has 0 spiro atoms. The fraction of sp³-hybridized carbons (Fsp3) is 1.00. The number of rotatable bonds is 5. The highest BCUT2D eigenvalue weighted by Crippen LogP contribution is 2.19. The molecule has 0 amide bonds. The average molecular weight is 172 g/mol. The Morgan fingerprint density at radius 3 is 3.00 bits per heavy atom. The van der Waals surface area contributed by atoms with Crippen molar-refractivity contribution in [3.8, 4) is 0 Å². The quantitative estimate of drug-likeness (QED) is 0.622. The summed E-state index contributed by atoms with van der Waals surface area (Å²) in [7, 11) is 0. The van der Waals surface area contributed by atoms with Gasteiger partial charge in [0.1, 0.15) is 0 Å². The second kappa shape index (κ2) is 5.51. The summed E-state index contributed by atoms with van der Waals surface area (Å²) in [4.78, 5) is 2.46. The Hall–Kier alpha value is -0.120. The molecule has 3 heteroatoms. The van der Waals surface area contributed by atoms with E-state index in [4.69, 9.17) is 10.8 Å². The van der Waals surface area contributed by atoms with Crippen LogP contribution in [0.2, 0.25) is 0 Å². The van der Waals surface area contributed by atoms with Crippen molar-refractivity contribution in [1.82, 2.24) is 4.90 Å². The molecule has 0 aromatic rings. The van der Waals surface area contributed by atoms with Gasteiger partial charge in [0.05, 0.1) is 0 Å². The van der Waals surface area contributed by atoms with Crippen LogP contribution in [0.4, 0.5) is 0 Å². The van der Waals surface area contributed by atoms with Crippen LogP contribution in [0, 0.1) is 0 Å². The second-order valence-electron chi connectivity index (χ2n) is 3.49. The molecule has 72 valence electrons. The Morgan fingerprint density at radius 2 is 2.33 bits per heavy atom. The van der Waals surface area contributed by atoms with Crippen LogP contribution in [0.15, 0.2) is 0 Å². The first-order valence-corrected chi connectivity index (χ1v) is 4.93. The van der Waals surface area contributed by atoms with Gasteiger partial charge in [0.2, 0.25) is 0 Å². The van der Waals surface area contributed by atoms with Crippen LogP contribution < -0.4 is 5.73 Å². The van der Waals surface area contributed by atoms with Gasteiger partial charge < -0.3 is 15.7 Å². The summed E-state index contributed by atoms with van der Waals surface area (Å²) in [6, 6.07) is 0.696. The van der Waals surface area contributed by atoms with Gasteiger partial charge >= 0.3 is 0 Å². The van der Waals surface area contributed by atoms with Gasteiger partial charge in [0.25, 0.3) is 0 Å². The van der Waals surface area contributed by atoms with Crippen molar-refractivity contribution >= 4 is 0 Å². The highest BCUT2D eigenvalue weighted by molar-refractivity contribution is 4.78. The van der Waals surface area contributed by atoms with E-state index in [-0.39, 0.29) is 0 Å². The van der Waals surface area contributed by atoms with E-state index in [0.29, 0.717) is 12.6 Å². The Balaban J connectivity index is 2.20. The van der Waals surface area contributed by atoms with Crippen molar-refractivity contribution in [2.45, 2.75) is 31.7 Å². The largest absolute Gasteiger partial charge is 0.396 e. The van der Waals surface area contributed by atoms with Crippen molar-refractivity contribution < 1.29 is 5.11 Å². The molecule has 0 saturated carbocycles. The number of hydrogen-bond acceptors (Lipinski definition) is 3. The molecule has 1 rings (SSSR count). The third kappa shape index (κ3) is 2.73. The average Bonchev–Trinajstić information content (AvgIpc) is 2.50. The Morgan fingerprint density at radius 1 is 1.50 bits per heavy atom. The Kier molecular flexibility index (Phi) is 4.58. The smallest absolute Gasteiger partial charge is 0.0443 e. The maximum Gasteiger partial charge on any atom is 0.0443 e. The molecular weight excluding hydrogens is 152 g/mol. The summed E-state index contributed by atoms with van der Waals surface area (Å²) in [5.41, 5.74) is 5.52. The lowest BCUT2D eigenvalue weighted by molar-refractivity contribution is 0.208. The van der Waals surface area contributed by atoms with E-state index >= 15 is 0 Å². The monoisotopic (exact) mass is 172 g/mol. The lowest BCUT2D eigenvalue weighted by Crippen LogP contribution is -2.32. The molecule has 1 aliphatic heterocycles. The Labute approximate surface area is 74.5 Å². The third-order valence-electron chi connectivity index (χ3n) is 2.60. The summed E-state index contributed by atoms with van der Waals surface area (Å²) >= 11 is 0. The first-order chi connectivity index (χ1) is 5.88.